The van der Waals surface area contributed by atoms with Crippen LogP contribution in [0.1, 0.15) is 26.3 Å². The highest BCUT2D eigenvalue weighted by molar-refractivity contribution is 5.19. The van der Waals surface area contributed by atoms with Crippen LogP contribution in [0.15, 0.2) is 18.2 Å². The van der Waals surface area contributed by atoms with E-state index in [1.54, 1.807) is 0 Å². The summed E-state index contributed by atoms with van der Waals surface area (Å²) in [4.78, 5) is 0. The lowest BCUT2D eigenvalue weighted by atomic mass is 9.89. The van der Waals surface area contributed by atoms with Crippen molar-refractivity contribution in [2.24, 2.45) is 11.8 Å². The molecule has 0 aliphatic heterocycles. The van der Waals surface area contributed by atoms with Crippen molar-refractivity contribution in [3.63, 3.8) is 0 Å². The third-order valence-electron chi connectivity index (χ3n) is 3.09. The summed E-state index contributed by atoms with van der Waals surface area (Å²) >= 11 is 0. The minimum atomic E-state index is -0.368. The minimum Gasteiger partial charge on any atom is -0.317 e. The molecule has 1 nitrogen and oxygen atoms in total. The lowest BCUT2D eigenvalue weighted by molar-refractivity contribution is 0.359. The van der Waals surface area contributed by atoms with Gasteiger partial charge in [-0.1, -0.05) is 20.8 Å². The first-order valence-electron chi connectivity index (χ1n) is 6.19. The average Bonchev–Trinajstić information content (AvgIpc) is 2.28. The van der Waals surface area contributed by atoms with Crippen LogP contribution in [0.4, 0.5) is 8.78 Å². The predicted octanol–water partition coefficient (Wildman–Crippen LogP) is 3.39. The Hall–Kier alpha value is -0.960. The van der Waals surface area contributed by atoms with Crippen LogP contribution in [0, 0.1) is 23.5 Å². The molecule has 0 spiro atoms. The van der Waals surface area contributed by atoms with E-state index in [4.69, 9.17) is 0 Å². The molecule has 0 bridgehead atoms. The van der Waals surface area contributed by atoms with Crippen LogP contribution in [0.5, 0.6) is 0 Å². The average molecular weight is 241 g/mol. The molecule has 1 N–H and O–H groups in total. The Morgan fingerprint density at radius 3 is 2.53 bits per heavy atom. The number of hydrogen-bond acceptors (Lipinski definition) is 1. The van der Waals surface area contributed by atoms with Crippen molar-refractivity contribution in [1.82, 2.24) is 5.32 Å². The smallest absolute Gasteiger partial charge is 0.126 e. The number of hydrogen-bond donors (Lipinski definition) is 1. The Balaban J connectivity index is 2.74. The Morgan fingerprint density at radius 2 is 1.94 bits per heavy atom. The molecule has 1 aromatic rings. The Labute approximate surface area is 102 Å². The van der Waals surface area contributed by atoms with E-state index in [1.807, 2.05) is 6.92 Å². The van der Waals surface area contributed by atoms with Crippen LogP contribution in [-0.2, 0) is 6.42 Å². The summed E-state index contributed by atoms with van der Waals surface area (Å²) in [6.07, 6.45) is 0.578. The second kappa shape index (κ2) is 6.70. The molecule has 0 aliphatic carbocycles. The van der Waals surface area contributed by atoms with Gasteiger partial charge in [0.25, 0.3) is 0 Å². The van der Waals surface area contributed by atoms with Crippen molar-refractivity contribution in [1.29, 1.82) is 0 Å². The molecule has 0 radical (unpaired) electrons. The standard InChI is InChI=1S/C14H21F2N/c1-4-17-9-12(10(2)3)7-11-8-13(15)5-6-14(11)16/h5-6,8,10,12,17H,4,7,9H2,1-3H3. The molecule has 1 unspecified atom stereocenters. The predicted molar refractivity (Wildman–Crippen MR) is 66.9 cm³/mol. The van der Waals surface area contributed by atoms with E-state index in [0.29, 0.717) is 23.8 Å². The highest BCUT2D eigenvalue weighted by Gasteiger charge is 2.16. The van der Waals surface area contributed by atoms with Gasteiger partial charge >= 0.3 is 0 Å². The SMILES string of the molecule is CCNCC(Cc1cc(F)ccc1F)C(C)C. The van der Waals surface area contributed by atoms with E-state index in [2.05, 4.69) is 19.2 Å². The molecule has 0 saturated carbocycles. The fraction of sp³-hybridized carbons (Fsp3) is 0.571. The van der Waals surface area contributed by atoms with E-state index in [1.165, 1.54) is 12.1 Å². The van der Waals surface area contributed by atoms with Gasteiger partial charge in [-0.2, -0.15) is 0 Å². The summed E-state index contributed by atoms with van der Waals surface area (Å²) in [6, 6.07) is 3.67. The molecule has 0 aromatic heterocycles. The van der Waals surface area contributed by atoms with Crippen molar-refractivity contribution in [3.05, 3.63) is 35.4 Å². The van der Waals surface area contributed by atoms with Gasteiger partial charge in [0.1, 0.15) is 11.6 Å². The molecule has 0 heterocycles. The van der Waals surface area contributed by atoms with Gasteiger partial charge in [-0.05, 0) is 55.1 Å². The first-order valence-corrected chi connectivity index (χ1v) is 6.19. The van der Waals surface area contributed by atoms with E-state index < -0.39 is 0 Å². The van der Waals surface area contributed by atoms with Crippen LogP contribution in [0.3, 0.4) is 0 Å². The Bertz CT molecular complexity index is 350. The minimum absolute atomic E-state index is 0.312. The van der Waals surface area contributed by atoms with Gasteiger partial charge in [0, 0.05) is 0 Å². The number of benzene rings is 1. The fourth-order valence-corrected chi connectivity index (χ4v) is 1.86. The van der Waals surface area contributed by atoms with E-state index in [0.717, 1.165) is 19.2 Å². The molecule has 0 aliphatic rings. The lowest BCUT2D eigenvalue weighted by Gasteiger charge is -2.21. The summed E-state index contributed by atoms with van der Waals surface area (Å²) in [5.41, 5.74) is 0.474. The van der Waals surface area contributed by atoms with E-state index in [9.17, 15) is 8.78 Å². The van der Waals surface area contributed by atoms with Crippen molar-refractivity contribution in [2.45, 2.75) is 27.2 Å². The van der Waals surface area contributed by atoms with Crippen molar-refractivity contribution >= 4 is 0 Å². The largest absolute Gasteiger partial charge is 0.317 e. The van der Waals surface area contributed by atoms with Gasteiger partial charge in [0.2, 0.25) is 0 Å². The second-order valence-corrected chi connectivity index (χ2v) is 4.75. The zero-order chi connectivity index (χ0) is 12.8. The monoisotopic (exact) mass is 241 g/mol. The van der Waals surface area contributed by atoms with Crippen LogP contribution >= 0.6 is 0 Å². The maximum atomic E-state index is 13.5. The summed E-state index contributed by atoms with van der Waals surface area (Å²) in [6.45, 7) is 8.00. The molecular formula is C14H21F2N. The summed E-state index contributed by atoms with van der Waals surface area (Å²) in [7, 11) is 0. The van der Waals surface area contributed by atoms with E-state index in [-0.39, 0.29) is 11.6 Å². The summed E-state index contributed by atoms with van der Waals surface area (Å²) < 4.78 is 26.6. The zero-order valence-electron chi connectivity index (χ0n) is 10.8. The first-order chi connectivity index (χ1) is 8.04. The lowest BCUT2D eigenvalue weighted by Crippen LogP contribution is -2.27. The first kappa shape index (κ1) is 14.1. The topological polar surface area (TPSA) is 12.0 Å². The summed E-state index contributed by atoms with van der Waals surface area (Å²) in [5.74, 6) is 0.0869. The normalized spacial score (nSPS) is 13.1. The van der Waals surface area contributed by atoms with Gasteiger partial charge < -0.3 is 5.32 Å². The quantitative estimate of drug-likeness (QED) is 0.805. The molecule has 0 saturated heterocycles. The molecule has 1 aromatic carbocycles. The van der Waals surface area contributed by atoms with Crippen LogP contribution in [-0.4, -0.2) is 13.1 Å². The van der Waals surface area contributed by atoms with Crippen LogP contribution in [0.25, 0.3) is 0 Å². The van der Waals surface area contributed by atoms with Crippen molar-refractivity contribution < 1.29 is 8.78 Å². The molecule has 0 amide bonds. The van der Waals surface area contributed by atoms with Gasteiger partial charge in [-0.25, -0.2) is 8.78 Å². The molecule has 1 rings (SSSR count). The highest BCUT2D eigenvalue weighted by Crippen LogP contribution is 2.19. The molecule has 0 fully saturated rings. The maximum absolute atomic E-state index is 13.5. The number of halogens is 2. The second-order valence-electron chi connectivity index (χ2n) is 4.75. The Kier molecular flexibility index (Phi) is 5.56. The number of rotatable bonds is 6. The molecule has 17 heavy (non-hydrogen) atoms. The van der Waals surface area contributed by atoms with Crippen molar-refractivity contribution in [3.8, 4) is 0 Å². The molecular weight excluding hydrogens is 220 g/mol. The number of nitrogens with one attached hydrogen (secondary N) is 1. The van der Waals surface area contributed by atoms with Gasteiger partial charge in [0.15, 0.2) is 0 Å². The van der Waals surface area contributed by atoms with Crippen LogP contribution in [0.2, 0.25) is 0 Å². The maximum Gasteiger partial charge on any atom is 0.126 e. The van der Waals surface area contributed by atoms with Crippen molar-refractivity contribution in [2.75, 3.05) is 13.1 Å². The Morgan fingerprint density at radius 1 is 1.24 bits per heavy atom. The fourth-order valence-electron chi connectivity index (χ4n) is 1.86. The molecule has 1 atom stereocenters. The van der Waals surface area contributed by atoms with Gasteiger partial charge in [-0.15, -0.1) is 0 Å². The third kappa shape index (κ3) is 4.43. The van der Waals surface area contributed by atoms with E-state index >= 15 is 0 Å². The molecule has 3 heteroatoms. The van der Waals surface area contributed by atoms with Gasteiger partial charge in [-0.3, -0.25) is 0 Å². The van der Waals surface area contributed by atoms with Gasteiger partial charge in [0.05, 0.1) is 0 Å². The molecule has 96 valence electrons. The van der Waals surface area contributed by atoms with Crippen LogP contribution < -0.4 is 5.32 Å². The third-order valence-corrected chi connectivity index (χ3v) is 3.09. The summed E-state index contributed by atoms with van der Waals surface area (Å²) in [5, 5.41) is 3.27. The zero-order valence-corrected chi connectivity index (χ0v) is 10.8. The highest BCUT2D eigenvalue weighted by atomic mass is 19.1.